The molecule has 1 spiro atoms. The average Bonchev–Trinajstić information content (AvgIpc) is 3.22. The molecule has 2 fully saturated rings. The van der Waals surface area contributed by atoms with Gasteiger partial charge in [-0.25, -0.2) is 13.4 Å². The predicted octanol–water partition coefficient (Wildman–Crippen LogP) is 3.14. The van der Waals surface area contributed by atoms with E-state index in [0.717, 1.165) is 22.2 Å². The van der Waals surface area contributed by atoms with E-state index in [2.05, 4.69) is 9.88 Å². The number of pyridine rings is 1. The SMILES string of the molecule is Cc1ccc(S(=O)(=O)c2c[nH+]c3ccccc3c2N2CCC3(CC2)OCCO3)cc1. The number of piperidine rings is 1. The molecule has 0 radical (unpaired) electrons. The van der Waals surface area contributed by atoms with Crippen LogP contribution in [0.4, 0.5) is 5.69 Å². The Labute approximate surface area is 176 Å². The molecule has 1 N–H and O–H groups in total. The van der Waals surface area contributed by atoms with E-state index in [-0.39, 0.29) is 0 Å². The van der Waals surface area contributed by atoms with Crippen LogP contribution in [-0.4, -0.2) is 40.5 Å². The topological polar surface area (TPSA) is 70.0 Å². The number of hydrogen-bond acceptors (Lipinski definition) is 5. The van der Waals surface area contributed by atoms with Gasteiger partial charge in [0.15, 0.2) is 16.9 Å². The molecule has 2 aliphatic heterocycles. The van der Waals surface area contributed by atoms with Crippen LogP contribution < -0.4 is 9.88 Å². The second-order valence-electron chi connectivity index (χ2n) is 7.96. The minimum Gasteiger partial charge on any atom is -0.369 e. The molecule has 3 heterocycles. The summed E-state index contributed by atoms with van der Waals surface area (Å²) in [5.41, 5.74) is 2.68. The lowest BCUT2D eigenvalue weighted by molar-refractivity contribution is -0.347. The number of aromatic amines is 1. The summed E-state index contributed by atoms with van der Waals surface area (Å²) in [6.45, 7) is 4.53. The third-order valence-corrected chi connectivity index (χ3v) is 7.83. The van der Waals surface area contributed by atoms with E-state index in [0.29, 0.717) is 48.9 Å². The van der Waals surface area contributed by atoms with Crippen LogP contribution in [0.5, 0.6) is 0 Å². The van der Waals surface area contributed by atoms with Gasteiger partial charge < -0.3 is 14.4 Å². The van der Waals surface area contributed by atoms with Crippen molar-refractivity contribution in [1.29, 1.82) is 0 Å². The highest BCUT2D eigenvalue weighted by Crippen LogP contribution is 2.39. The number of ether oxygens (including phenoxy) is 2. The zero-order chi connectivity index (χ0) is 20.8. The molecule has 0 saturated carbocycles. The largest absolute Gasteiger partial charge is 0.369 e. The number of aromatic nitrogens is 1. The Morgan fingerprint density at radius 3 is 2.33 bits per heavy atom. The maximum Gasteiger partial charge on any atom is 0.214 e. The van der Waals surface area contributed by atoms with Gasteiger partial charge in [0.2, 0.25) is 15.4 Å². The molecule has 3 aromatic rings. The molecular formula is C23H25N2O4S+. The van der Waals surface area contributed by atoms with Crippen LogP contribution in [0.25, 0.3) is 10.9 Å². The second kappa shape index (κ2) is 7.34. The van der Waals surface area contributed by atoms with Crippen LogP contribution in [0.2, 0.25) is 0 Å². The molecule has 0 aliphatic carbocycles. The fraction of sp³-hybridized carbons (Fsp3) is 0.348. The molecule has 2 aromatic carbocycles. The van der Waals surface area contributed by atoms with Crippen LogP contribution in [-0.2, 0) is 19.3 Å². The van der Waals surface area contributed by atoms with Crippen LogP contribution in [0.15, 0.2) is 64.5 Å². The molecule has 156 valence electrons. The molecule has 6 nitrogen and oxygen atoms in total. The number of anilines is 1. The molecule has 1 aromatic heterocycles. The number of nitrogens with one attached hydrogen (secondary N) is 1. The average molecular weight is 426 g/mol. The van der Waals surface area contributed by atoms with E-state index in [4.69, 9.17) is 9.47 Å². The summed E-state index contributed by atoms with van der Waals surface area (Å²) in [6.07, 6.45) is 3.05. The van der Waals surface area contributed by atoms with Gasteiger partial charge in [0.25, 0.3) is 0 Å². The van der Waals surface area contributed by atoms with Crippen molar-refractivity contribution in [2.75, 3.05) is 31.2 Å². The number of benzene rings is 2. The van der Waals surface area contributed by atoms with Gasteiger partial charge in [-0.15, -0.1) is 0 Å². The molecular weight excluding hydrogens is 400 g/mol. The highest BCUT2D eigenvalue weighted by atomic mass is 32.2. The van der Waals surface area contributed by atoms with Gasteiger partial charge in [-0.1, -0.05) is 29.8 Å². The zero-order valence-electron chi connectivity index (χ0n) is 16.9. The van der Waals surface area contributed by atoms with Gasteiger partial charge in [-0.2, -0.15) is 0 Å². The Morgan fingerprint density at radius 2 is 1.63 bits per heavy atom. The summed E-state index contributed by atoms with van der Waals surface area (Å²) in [5.74, 6) is -0.511. The summed E-state index contributed by atoms with van der Waals surface area (Å²) in [7, 11) is -3.69. The lowest BCUT2D eigenvalue weighted by Gasteiger charge is -2.39. The highest BCUT2D eigenvalue weighted by molar-refractivity contribution is 7.91. The van der Waals surface area contributed by atoms with Crippen molar-refractivity contribution in [3.05, 3.63) is 60.3 Å². The molecule has 0 atom stereocenters. The van der Waals surface area contributed by atoms with Gasteiger partial charge in [-0.3, -0.25) is 0 Å². The van der Waals surface area contributed by atoms with Crippen LogP contribution in [0.1, 0.15) is 18.4 Å². The molecule has 2 saturated heterocycles. The monoisotopic (exact) mass is 425 g/mol. The zero-order valence-corrected chi connectivity index (χ0v) is 17.7. The minimum absolute atomic E-state index is 0.300. The molecule has 0 unspecified atom stereocenters. The first-order valence-electron chi connectivity index (χ1n) is 10.3. The van der Waals surface area contributed by atoms with Crippen molar-refractivity contribution in [2.45, 2.75) is 35.3 Å². The summed E-state index contributed by atoms with van der Waals surface area (Å²) < 4.78 is 38.9. The predicted molar refractivity (Wildman–Crippen MR) is 113 cm³/mol. The number of fused-ring (bicyclic) bond motifs is 1. The van der Waals surface area contributed by atoms with Crippen LogP contribution in [0, 0.1) is 6.92 Å². The van der Waals surface area contributed by atoms with E-state index >= 15 is 0 Å². The van der Waals surface area contributed by atoms with Crippen molar-refractivity contribution in [3.63, 3.8) is 0 Å². The van der Waals surface area contributed by atoms with Crippen LogP contribution >= 0.6 is 0 Å². The normalized spacial score (nSPS) is 18.9. The van der Waals surface area contributed by atoms with E-state index in [1.54, 1.807) is 18.3 Å². The number of hydrogen-bond donors (Lipinski definition) is 0. The van der Waals surface area contributed by atoms with Crippen molar-refractivity contribution in [3.8, 4) is 0 Å². The van der Waals surface area contributed by atoms with Crippen LogP contribution in [0.3, 0.4) is 0 Å². The molecule has 0 bridgehead atoms. The van der Waals surface area contributed by atoms with Crippen molar-refractivity contribution >= 4 is 26.4 Å². The summed E-state index contributed by atoms with van der Waals surface area (Å²) in [5, 5.41) is 0.898. The maximum absolute atomic E-state index is 13.6. The standard InChI is InChI=1S/C23H24N2O4S/c1-17-6-8-18(9-7-17)30(26,27)21-16-24-20-5-3-2-4-19(20)22(21)25-12-10-23(11-13-25)28-14-15-29-23/h2-9,16H,10-15H2,1H3/p+1. The maximum atomic E-state index is 13.6. The van der Waals surface area contributed by atoms with Crippen molar-refractivity contribution < 1.29 is 22.9 Å². The molecule has 7 heteroatoms. The minimum atomic E-state index is -3.69. The fourth-order valence-corrected chi connectivity index (χ4v) is 5.85. The van der Waals surface area contributed by atoms with E-state index < -0.39 is 15.6 Å². The third-order valence-electron chi connectivity index (χ3n) is 6.05. The first-order valence-corrected chi connectivity index (χ1v) is 11.7. The number of H-pyrrole nitrogens is 1. The number of rotatable bonds is 3. The quantitative estimate of drug-likeness (QED) is 0.645. The molecule has 30 heavy (non-hydrogen) atoms. The second-order valence-corrected chi connectivity index (χ2v) is 9.88. The Kier molecular flexibility index (Phi) is 4.76. The number of para-hydroxylation sites is 1. The van der Waals surface area contributed by atoms with Gasteiger partial charge in [0, 0.05) is 32.0 Å². The number of sulfone groups is 1. The first kappa shape index (κ1) is 19.5. The Bertz CT molecular complexity index is 1180. The molecule has 5 rings (SSSR count). The lowest BCUT2D eigenvalue weighted by Crippen LogP contribution is -2.45. The number of aryl methyl sites for hydroxylation is 1. The van der Waals surface area contributed by atoms with Gasteiger partial charge in [0.1, 0.15) is 0 Å². The third kappa shape index (κ3) is 3.27. The van der Waals surface area contributed by atoms with E-state index in [1.165, 1.54) is 0 Å². The van der Waals surface area contributed by atoms with E-state index in [9.17, 15) is 8.42 Å². The lowest BCUT2D eigenvalue weighted by atomic mass is 10.0. The summed E-state index contributed by atoms with van der Waals surface area (Å²) >= 11 is 0. The van der Waals surface area contributed by atoms with Gasteiger partial charge in [0.05, 0.1) is 29.2 Å². The Balaban J connectivity index is 1.62. The van der Waals surface area contributed by atoms with Crippen molar-refractivity contribution in [2.24, 2.45) is 0 Å². The van der Waals surface area contributed by atoms with Crippen molar-refractivity contribution in [1.82, 2.24) is 0 Å². The Hall–Kier alpha value is -2.48. The molecule has 2 aliphatic rings. The highest BCUT2D eigenvalue weighted by Gasteiger charge is 2.41. The molecule has 0 amide bonds. The number of nitrogens with zero attached hydrogens (tertiary/aromatic N) is 1. The summed E-state index contributed by atoms with van der Waals surface area (Å²) in [4.78, 5) is 5.94. The smallest absolute Gasteiger partial charge is 0.214 e. The fourth-order valence-electron chi connectivity index (χ4n) is 4.39. The Morgan fingerprint density at radius 1 is 0.967 bits per heavy atom. The first-order chi connectivity index (χ1) is 14.5. The van der Waals surface area contributed by atoms with E-state index in [1.807, 2.05) is 43.3 Å². The van der Waals surface area contributed by atoms with Gasteiger partial charge >= 0.3 is 0 Å². The van der Waals surface area contributed by atoms with Gasteiger partial charge in [-0.05, 0) is 25.1 Å². The summed E-state index contributed by atoms with van der Waals surface area (Å²) in [6, 6.07) is 14.8.